The van der Waals surface area contributed by atoms with Gasteiger partial charge in [0.1, 0.15) is 5.52 Å². The Morgan fingerprint density at radius 3 is 2.65 bits per heavy atom. The summed E-state index contributed by atoms with van der Waals surface area (Å²) in [6.07, 6.45) is 3.27. The van der Waals surface area contributed by atoms with E-state index in [2.05, 4.69) is 29.1 Å². The van der Waals surface area contributed by atoms with Gasteiger partial charge in [0.25, 0.3) is 5.91 Å². The van der Waals surface area contributed by atoms with E-state index in [1.54, 1.807) is 12.4 Å². The number of benzene rings is 1. The highest BCUT2D eigenvalue weighted by Gasteiger charge is 2.26. The number of para-hydroxylation sites is 1. The second-order valence-electron chi connectivity index (χ2n) is 5.41. The molecule has 1 fully saturated rings. The molecule has 2 aromatic rings. The first kappa shape index (κ1) is 13.0. The van der Waals surface area contributed by atoms with Crippen molar-refractivity contribution in [3.05, 3.63) is 36.2 Å². The van der Waals surface area contributed by atoms with E-state index in [1.807, 2.05) is 23.1 Å². The summed E-state index contributed by atoms with van der Waals surface area (Å²) in [5, 5.41) is 3.43. The molecular weight excluding hydrogens is 252 g/mol. The number of rotatable bonds is 1. The van der Waals surface area contributed by atoms with E-state index in [1.165, 1.54) is 0 Å². The molecule has 3 rings (SSSR count). The maximum absolute atomic E-state index is 12.7. The van der Waals surface area contributed by atoms with Gasteiger partial charge in [0.15, 0.2) is 0 Å². The second-order valence-corrected chi connectivity index (χ2v) is 5.41. The quantitative estimate of drug-likeness (QED) is 0.852. The van der Waals surface area contributed by atoms with Gasteiger partial charge >= 0.3 is 0 Å². The summed E-state index contributed by atoms with van der Waals surface area (Å²) in [6.45, 7) is 5.64. The van der Waals surface area contributed by atoms with Gasteiger partial charge in [0.05, 0.1) is 11.1 Å². The molecule has 2 heterocycles. The Bertz CT molecular complexity index is 627. The van der Waals surface area contributed by atoms with Gasteiger partial charge in [-0.25, -0.2) is 0 Å². The van der Waals surface area contributed by atoms with Gasteiger partial charge in [-0.15, -0.1) is 0 Å². The predicted molar refractivity (Wildman–Crippen MR) is 77.5 cm³/mol. The van der Waals surface area contributed by atoms with Gasteiger partial charge in [0, 0.05) is 37.6 Å². The maximum Gasteiger partial charge on any atom is 0.256 e. The third-order valence-corrected chi connectivity index (χ3v) is 3.57. The molecular formula is C15H18N4O. The van der Waals surface area contributed by atoms with Crippen molar-refractivity contribution in [3.63, 3.8) is 0 Å². The number of carbonyl (C=O) groups is 1. The number of nitrogens with one attached hydrogen (secondary N) is 1. The van der Waals surface area contributed by atoms with Crippen LogP contribution < -0.4 is 5.32 Å². The number of fused-ring (bicyclic) bond motifs is 1. The standard InChI is InChI=1S/C15H18N4O/c1-10-8-19(9-11(2)18-10)15(20)12-4-3-5-13-14(12)17-7-6-16-13/h3-7,10-11,18H,8-9H2,1-2H3. The number of piperazine rings is 1. The molecule has 1 amide bonds. The van der Waals surface area contributed by atoms with Crippen LogP contribution in [-0.2, 0) is 0 Å². The summed E-state index contributed by atoms with van der Waals surface area (Å²) in [7, 11) is 0. The third kappa shape index (κ3) is 2.36. The molecule has 0 aliphatic carbocycles. The molecule has 20 heavy (non-hydrogen) atoms. The average Bonchev–Trinajstić information content (AvgIpc) is 2.45. The minimum absolute atomic E-state index is 0.0382. The molecule has 1 aromatic heterocycles. The average molecular weight is 270 g/mol. The molecule has 1 aliphatic heterocycles. The fourth-order valence-corrected chi connectivity index (χ4v) is 2.83. The maximum atomic E-state index is 12.7. The van der Waals surface area contributed by atoms with Crippen LogP contribution in [0.2, 0.25) is 0 Å². The topological polar surface area (TPSA) is 58.1 Å². The fourth-order valence-electron chi connectivity index (χ4n) is 2.83. The summed E-state index contributed by atoms with van der Waals surface area (Å²) in [6, 6.07) is 6.19. The van der Waals surface area contributed by atoms with Gasteiger partial charge in [-0.3, -0.25) is 14.8 Å². The monoisotopic (exact) mass is 270 g/mol. The molecule has 2 atom stereocenters. The van der Waals surface area contributed by atoms with Gasteiger partial charge in [-0.05, 0) is 26.0 Å². The Balaban J connectivity index is 1.96. The minimum atomic E-state index is 0.0382. The van der Waals surface area contributed by atoms with E-state index in [-0.39, 0.29) is 5.91 Å². The zero-order valence-electron chi connectivity index (χ0n) is 11.7. The summed E-state index contributed by atoms with van der Waals surface area (Å²) >= 11 is 0. The number of nitrogens with zero attached hydrogens (tertiary/aromatic N) is 3. The van der Waals surface area contributed by atoms with Crippen LogP contribution in [0.1, 0.15) is 24.2 Å². The van der Waals surface area contributed by atoms with Crippen LogP contribution in [0, 0.1) is 0 Å². The molecule has 1 N–H and O–H groups in total. The Labute approximate surface area is 118 Å². The van der Waals surface area contributed by atoms with Crippen LogP contribution in [0.4, 0.5) is 0 Å². The molecule has 0 bridgehead atoms. The second kappa shape index (κ2) is 5.17. The molecule has 2 unspecified atom stereocenters. The van der Waals surface area contributed by atoms with Gasteiger partial charge in [-0.1, -0.05) is 6.07 Å². The van der Waals surface area contributed by atoms with Crippen molar-refractivity contribution in [2.24, 2.45) is 0 Å². The lowest BCUT2D eigenvalue weighted by Gasteiger charge is -2.36. The van der Waals surface area contributed by atoms with E-state index >= 15 is 0 Å². The Kier molecular flexibility index (Phi) is 3.36. The number of aromatic nitrogens is 2. The van der Waals surface area contributed by atoms with Gasteiger partial charge in [0.2, 0.25) is 0 Å². The zero-order valence-corrected chi connectivity index (χ0v) is 11.7. The van der Waals surface area contributed by atoms with E-state index in [9.17, 15) is 4.79 Å². The Morgan fingerprint density at radius 1 is 1.20 bits per heavy atom. The van der Waals surface area contributed by atoms with Crippen LogP contribution in [0.5, 0.6) is 0 Å². The lowest BCUT2D eigenvalue weighted by atomic mass is 10.1. The van der Waals surface area contributed by atoms with Crippen molar-refractivity contribution < 1.29 is 4.79 Å². The summed E-state index contributed by atoms with van der Waals surface area (Å²) < 4.78 is 0. The number of carbonyl (C=O) groups excluding carboxylic acids is 1. The number of hydrogen-bond acceptors (Lipinski definition) is 4. The lowest BCUT2D eigenvalue weighted by Crippen LogP contribution is -2.55. The fraction of sp³-hybridized carbons (Fsp3) is 0.400. The highest BCUT2D eigenvalue weighted by Crippen LogP contribution is 2.17. The molecule has 0 spiro atoms. The number of amides is 1. The van der Waals surface area contributed by atoms with Crippen LogP contribution in [0.15, 0.2) is 30.6 Å². The first-order valence-electron chi connectivity index (χ1n) is 6.90. The first-order valence-corrected chi connectivity index (χ1v) is 6.90. The van der Waals surface area contributed by atoms with E-state index in [4.69, 9.17) is 0 Å². The Morgan fingerprint density at radius 2 is 1.90 bits per heavy atom. The van der Waals surface area contributed by atoms with Crippen LogP contribution in [-0.4, -0.2) is 45.9 Å². The van der Waals surface area contributed by atoms with Crippen molar-refractivity contribution in [1.29, 1.82) is 0 Å². The van der Waals surface area contributed by atoms with Crippen molar-refractivity contribution in [1.82, 2.24) is 20.2 Å². The molecule has 1 aliphatic rings. The van der Waals surface area contributed by atoms with E-state index in [0.29, 0.717) is 23.2 Å². The smallest absolute Gasteiger partial charge is 0.256 e. The lowest BCUT2D eigenvalue weighted by molar-refractivity contribution is 0.0675. The van der Waals surface area contributed by atoms with Crippen molar-refractivity contribution >= 4 is 16.9 Å². The van der Waals surface area contributed by atoms with E-state index < -0.39 is 0 Å². The summed E-state index contributed by atoms with van der Waals surface area (Å²) in [5.74, 6) is 0.0382. The highest BCUT2D eigenvalue weighted by atomic mass is 16.2. The minimum Gasteiger partial charge on any atom is -0.335 e. The van der Waals surface area contributed by atoms with Crippen LogP contribution in [0.3, 0.4) is 0 Å². The molecule has 0 radical (unpaired) electrons. The van der Waals surface area contributed by atoms with Crippen LogP contribution in [0.25, 0.3) is 11.0 Å². The molecule has 104 valence electrons. The zero-order chi connectivity index (χ0) is 14.1. The molecule has 1 aromatic carbocycles. The molecule has 0 saturated carbocycles. The van der Waals surface area contributed by atoms with Gasteiger partial charge < -0.3 is 10.2 Å². The van der Waals surface area contributed by atoms with Crippen molar-refractivity contribution in [2.45, 2.75) is 25.9 Å². The predicted octanol–water partition coefficient (Wildman–Crippen LogP) is 1.45. The van der Waals surface area contributed by atoms with Crippen molar-refractivity contribution in [2.75, 3.05) is 13.1 Å². The van der Waals surface area contributed by atoms with Crippen molar-refractivity contribution in [3.8, 4) is 0 Å². The van der Waals surface area contributed by atoms with Gasteiger partial charge in [-0.2, -0.15) is 0 Å². The molecule has 5 nitrogen and oxygen atoms in total. The third-order valence-electron chi connectivity index (χ3n) is 3.57. The number of hydrogen-bond donors (Lipinski definition) is 1. The first-order chi connectivity index (χ1) is 9.65. The van der Waals surface area contributed by atoms with E-state index in [0.717, 1.165) is 18.6 Å². The SMILES string of the molecule is CC1CN(C(=O)c2cccc3nccnc23)CC(C)N1. The van der Waals surface area contributed by atoms with Crippen LogP contribution >= 0.6 is 0 Å². The largest absolute Gasteiger partial charge is 0.335 e. The molecule has 5 heteroatoms. The normalized spacial score (nSPS) is 23.0. The Hall–Kier alpha value is -2.01. The highest BCUT2D eigenvalue weighted by molar-refractivity contribution is 6.04. The molecule has 1 saturated heterocycles. The summed E-state index contributed by atoms with van der Waals surface area (Å²) in [5.41, 5.74) is 2.07. The summed E-state index contributed by atoms with van der Waals surface area (Å²) in [4.78, 5) is 23.2.